The topological polar surface area (TPSA) is 40.6 Å². The molecule has 4 rings (SSSR count). The van der Waals surface area contributed by atoms with Crippen LogP contribution in [0.2, 0.25) is 5.02 Å². The van der Waals surface area contributed by atoms with E-state index in [2.05, 4.69) is 0 Å². The van der Waals surface area contributed by atoms with Crippen molar-refractivity contribution in [2.24, 2.45) is 11.8 Å². The highest BCUT2D eigenvalue weighted by Crippen LogP contribution is 2.34. The van der Waals surface area contributed by atoms with Crippen LogP contribution in [0.25, 0.3) is 0 Å². The summed E-state index contributed by atoms with van der Waals surface area (Å²) in [5.74, 6) is -1.89. The molecule has 2 aliphatic rings. The monoisotopic (exact) mass is 478 g/mol. The van der Waals surface area contributed by atoms with Crippen LogP contribution in [0, 0.1) is 29.3 Å². The highest BCUT2D eigenvalue weighted by molar-refractivity contribution is 6.33. The molecule has 1 atom stereocenters. The maximum Gasteiger partial charge on any atom is 0.255 e. The summed E-state index contributed by atoms with van der Waals surface area (Å²) in [5, 5.41) is 0.0709. The SMILES string of the molecule is CN(C(=O)C1CC1)[C@@H](Cc1ccc(F)cc1F)C1CCN(C(=O)c2ccc(F)cc2Cl)CC1. The second-order valence-electron chi connectivity index (χ2n) is 8.98. The van der Waals surface area contributed by atoms with Gasteiger partial charge in [0.2, 0.25) is 5.91 Å². The molecule has 1 aliphatic carbocycles. The third kappa shape index (κ3) is 5.35. The lowest BCUT2D eigenvalue weighted by Gasteiger charge is -2.40. The van der Waals surface area contributed by atoms with Gasteiger partial charge in [0, 0.05) is 38.2 Å². The number of likely N-dealkylation sites (tertiary alicyclic amines) is 1. The normalized spacial score (nSPS) is 17.7. The first kappa shape index (κ1) is 23.6. The highest BCUT2D eigenvalue weighted by atomic mass is 35.5. The summed E-state index contributed by atoms with van der Waals surface area (Å²) in [5.41, 5.74) is 0.621. The third-order valence-electron chi connectivity index (χ3n) is 6.75. The van der Waals surface area contributed by atoms with E-state index in [0.29, 0.717) is 31.5 Å². The first-order chi connectivity index (χ1) is 15.7. The molecule has 0 N–H and O–H groups in total. The van der Waals surface area contributed by atoms with Crippen LogP contribution < -0.4 is 0 Å². The Balaban J connectivity index is 1.48. The van der Waals surface area contributed by atoms with Crippen molar-refractivity contribution in [2.75, 3.05) is 20.1 Å². The molecule has 4 nitrogen and oxygen atoms in total. The Hall–Kier alpha value is -2.54. The van der Waals surface area contributed by atoms with Crippen molar-refractivity contribution in [1.29, 1.82) is 0 Å². The van der Waals surface area contributed by atoms with Crippen LogP contribution in [-0.2, 0) is 11.2 Å². The predicted molar refractivity (Wildman–Crippen MR) is 119 cm³/mol. The first-order valence-corrected chi connectivity index (χ1v) is 11.6. The summed E-state index contributed by atoms with van der Waals surface area (Å²) < 4.78 is 41.1. The summed E-state index contributed by atoms with van der Waals surface area (Å²) in [7, 11) is 1.75. The van der Waals surface area contributed by atoms with Crippen molar-refractivity contribution in [1.82, 2.24) is 9.80 Å². The fraction of sp³-hybridized carbons (Fsp3) is 0.440. The molecule has 0 bridgehead atoms. The van der Waals surface area contributed by atoms with Gasteiger partial charge in [0.05, 0.1) is 10.6 Å². The minimum Gasteiger partial charge on any atom is -0.342 e. The highest BCUT2D eigenvalue weighted by Gasteiger charge is 2.38. The van der Waals surface area contributed by atoms with Crippen LogP contribution in [0.15, 0.2) is 36.4 Å². The second-order valence-corrected chi connectivity index (χ2v) is 9.39. The van der Waals surface area contributed by atoms with Crippen LogP contribution in [-0.4, -0.2) is 47.8 Å². The summed E-state index contributed by atoms with van der Waals surface area (Å²) in [6, 6.07) is 6.97. The van der Waals surface area contributed by atoms with Gasteiger partial charge in [0.25, 0.3) is 5.91 Å². The molecule has 1 saturated carbocycles. The summed E-state index contributed by atoms with van der Waals surface area (Å²) in [6.45, 7) is 0.899. The summed E-state index contributed by atoms with van der Waals surface area (Å²) in [6.07, 6.45) is 3.27. The van der Waals surface area contributed by atoms with Gasteiger partial charge in [-0.1, -0.05) is 17.7 Å². The van der Waals surface area contributed by atoms with Crippen molar-refractivity contribution in [3.05, 3.63) is 70.0 Å². The molecule has 1 heterocycles. The molecule has 1 saturated heterocycles. The Labute approximate surface area is 196 Å². The number of hydrogen-bond donors (Lipinski definition) is 0. The Morgan fingerprint density at radius 2 is 1.67 bits per heavy atom. The van der Waals surface area contributed by atoms with Gasteiger partial charge in [0.15, 0.2) is 0 Å². The van der Waals surface area contributed by atoms with Gasteiger partial charge in [-0.3, -0.25) is 9.59 Å². The number of halogens is 4. The number of benzene rings is 2. The van der Waals surface area contributed by atoms with E-state index in [4.69, 9.17) is 11.6 Å². The second kappa shape index (κ2) is 9.75. The molecule has 0 unspecified atom stereocenters. The van der Waals surface area contributed by atoms with Gasteiger partial charge in [-0.05, 0) is 67.9 Å². The quantitative estimate of drug-likeness (QED) is 0.580. The fourth-order valence-corrected chi connectivity index (χ4v) is 4.88. The van der Waals surface area contributed by atoms with Crippen LogP contribution >= 0.6 is 11.6 Å². The fourth-order valence-electron chi connectivity index (χ4n) is 4.63. The number of piperidine rings is 1. The molecular formula is C25H26ClF3N2O2. The summed E-state index contributed by atoms with van der Waals surface area (Å²) >= 11 is 6.06. The number of rotatable bonds is 6. The number of likely N-dealkylation sites (N-methyl/N-ethyl adjacent to an activating group) is 1. The molecule has 8 heteroatoms. The number of carbonyl (C=O) groups excluding carboxylic acids is 2. The molecule has 33 heavy (non-hydrogen) atoms. The maximum atomic E-state index is 14.4. The van der Waals surface area contributed by atoms with Gasteiger partial charge in [-0.2, -0.15) is 0 Å². The number of hydrogen-bond acceptors (Lipinski definition) is 2. The molecule has 2 amide bonds. The first-order valence-electron chi connectivity index (χ1n) is 11.2. The van der Waals surface area contributed by atoms with E-state index in [1.807, 2.05) is 0 Å². The third-order valence-corrected chi connectivity index (χ3v) is 7.06. The van der Waals surface area contributed by atoms with E-state index in [1.54, 1.807) is 16.8 Å². The maximum absolute atomic E-state index is 14.4. The van der Waals surface area contributed by atoms with E-state index in [-0.39, 0.29) is 46.7 Å². The average molecular weight is 479 g/mol. The molecule has 2 aromatic carbocycles. The molecule has 0 spiro atoms. The van der Waals surface area contributed by atoms with Gasteiger partial charge in [0.1, 0.15) is 17.5 Å². The lowest BCUT2D eigenvalue weighted by molar-refractivity contribution is -0.134. The molecule has 0 aromatic heterocycles. The smallest absolute Gasteiger partial charge is 0.255 e. The van der Waals surface area contributed by atoms with E-state index in [9.17, 15) is 22.8 Å². The standard InChI is InChI=1S/C25H26ClF3N2O2/c1-30(24(32)16-2-3-16)23(12-17-4-5-19(28)14-22(17)29)15-8-10-31(11-9-15)25(33)20-7-6-18(27)13-21(20)26/h4-7,13-16,23H,2-3,8-12H2,1H3/t23-/m0/s1. The molecular weight excluding hydrogens is 453 g/mol. The molecule has 2 fully saturated rings. The summed E-state index contributed by atoms with van der Waals surface area (Å²) in [4.78, 5) is 29.1. The van der Waals surface area contributed by atoms with Crippen molar-refractivity contribution in [3.63, 3.8) is 0 Å². The molecule has 2 aromatic rings. The van der Waals surface area contributed by atoms with Crippen LogP contribution in [0.4, 0.5) is 13.2 Å². The Morgan fingerprint density at radius 3 is 2.27 bits per heavy atom. The zero-order valence-corrected chi connectivity index (χ0v) is 19.1. The van der Waals surface area contributed by atoms with E-state index in [1.165, 1.54) is 24.3 Å². The molecule has 176 valence electrons. The van der Waals surface area contributed by atoms with Crippen molar-refractivity contribution >= 4 is 23.4 Å². The van der Waals surface area contributed by atoms with Crippen LogP contribution in [0.5, 0.6) is 0 Å². The Bertz CT molecular complexity index is 1050. The lowest BCUT2D eigenvalue weighted by Crippen LogP contribution is -2.49. The van der Waals surface area contributed by atoms with Crippen molar-refractivity contribution in [3.8, 4) is 0 Å². The van der Waals surface area contributed by atoms with Crippen LogP contribution in [0.1, 0.15) is 41.6 Å². The van der Waals surface area contributed by atoms with Gasteiger partial charge >= 0.3 is 0 Å². The number of amides is 2. The molecule has 0 radical (unpaired) electrons. The van der Waals surface area contributed by atoms with E-state index < -0.39 is 17.5 Å². The Morgan fingerprint density at radius 1 is 1.03 bits per heavy atom. The number of carbonyl (C=O) groups is 2. The van der Waals surface area contributed by atoms with Gasteiger partial charge in [-0.25, -0.2) is 13.2 Å². The van der Waals surface area contributed by atoms with Crippen LogP contribution in [0.3, 0.4) is 0 Å². The van der Waals surface area contributed by atoms with E-state index in [0.717, 1.165) is 25.0 Å². The zero-order chi connectivity index (χ0) is 23.7. The predicted octanol–water partition coefficient (Wildman–Crippen LogP) is 5.09. The Kier molecular flexibility index (Phi) is 6.98. The van der Waals surface area contributed by atoms with E-state index >= 15 is 0 Å². The van der Waals surface area contributed by atoms with Crippen molar-refractivity contribution in [2.45, 2.75) is 38.1 Å². The minimum atomic E-state index is -0.638. The zero-order valence-electron chi connectivity index (χ0n) is 18.4. The average Bonchev–Trinajstić information content (AvgIpc) is 3.63. The lowest BCUT2D eigenvalue weighted by atomic mass is 9.84. The molecule has 1 aliphatic heterocycles. The minimum absolute atomic E-state index is 0.0258. The number of nitrogens with zero attached hydrogens (tertiary/aromatic N) is 2. The largest absolute Gasteiger partial charge is 0.342 e. The van der Waals surface area contributed by atoms with Crippen molar-refractivity contribution < 1.29 is 22.8 Å². The van der Waals surface area contributed by atoms with Gasteiger partial charge in [-0.15, -0.1) is 0 Å². The van der Waals surface area contributed by atoms with Gasteiger partial charge < -0.3 is 9.80 Å².